The van der Waals surface area contributed by atoms with Gasteiger partial charge in [-0.15, -0.1) is 0 Å². The van der Waals surface area contributed by atoms with E-state index in [0.717, 1.165) is 16.8 Å². The highest BCUT2D eigenvalue weighted by atomic mass is 32.2. The van der Waals surface area contributed by atoms with Crippen LogP contribution in [0.1, 0.15) is 41.3 Å². The van der Waals surface area contributed by atoms with Crippen LogP contribution in [0, 0.1) is 19.8 Å². The van der Waals surface area contributed by atoms with Crippen molar-refractivity contribution < 1.29 is 18.0 Å². The normalized spacial score (nSPS) is 15.8. The maximum atomic E-state index is 12.9. The molecule has 2 aromatic rings. The number of nitrogens with zero attached hydrogens (tertiary/aromatic N) is 1. The van der Waals surface area contributed by atoms with E-state index in [2.05, 4.69) is 5.32 Å². The van der Waals surface area contributed by atoms with Gasteiger partial charge in [0.1, 0.15) is 0 Å². The first-order chi connectivity index (χ1) is 13.7. The number of nitrogens with one attached hydrogen (secondary N) is 1. The average Bonchev–Trinajstić information content (AvgIpc) is 2.71. The van der Waals surface area contributed by atoms with Crippen molar-refractivity contribution in [1.82, 2.24) is 4.31 Å². The molecule has 0 aliphatic carbocycles. The lowest BCUT2D eigenvalue weighted by atomic mass is 9.97. The van der Waals surface area contributed by atoms with Crippen molar-refractivity contribution in [3.63, 3.8) is 0 Å². The van der Waals surface area contributed by atoms with Crippen LogP contribution in [-0.2, 0) is 14.8 Å². The van der Waals surface area contributed by atoms with Crippen molar-refractivity contribution in [3.8, 4) is 0 Å². The zero-order chi connectivity index (χ0) is 21.2. The zero-order valence-electron chi connectivity index (χ0n) is 16.9. The number of carbonyl (C=O) groups excluding carboxylic acids is 2. The summed E-state index contributed by atoms with van der Waals surface area (Å²) < 4.78 is 27.1. The lowest BCUT2D eigenvalue weighted by Gasteiger charge is -2.30. The second-order valence-corrected chi connectivity index (χ2v) is 9.43. The lowest BCUT2D eigenvalue weighted by Crippen LogP contribution is -2.41. The van der Waals surface area contributed by atoms with Gasteiger partial charge in [0.05, 0.1) is 4.90 Å². The molecule has 7 heteroatoms. The quantitative estimate of drug-likeness (QED) is 0.759. The Hall–Kier alpha value is -2.51. The molecule has 0 aromatic heterocycles. The molecule has 0 unspecified atom stereocenters. The Morgan fingerprint density at radius 2 is 1.62 bits per heavy atom. The summed E-state index contributed by atoms with van der Waals surface area (Å²) in [5.74, 6) is -0.396. The van der Waals surface area contributed by atoms with Crippen LogP contribution in [0.2, 0.25) is 0 Å². The predicted octanol–water partition coefficient (Wildman–Crippen LogP) is 3.55. The summed E-state index contributed by atoms with van der Waals surface area (Å²) in [6, 6.07) is 11.8. The number of amides is 1. The fourth-order valence-electron chi connectivity index (χ4n) is 3.49. The molecule has 2 aromatic carbocycles. The van der Waals surface area contributed by atoms with Gasteiger partial charge >= 0.3 is 0 Å². The van der Waals surface area contributed by atoms with Gasteiger partial charge in [-0.3, -0.25) is 9.59 Å². The van der Waals surface area contributed by atoms with E-state index in [1.54, 1.807) is 0 Å². The van der Waals surface area contributed by atoms with Gasteiger partial charge in [-0.25, -0.2) is 8.42 Å². The number of Topliss-reactive ketones (excluding diaryl/α,β-unsaturated/α-hetero) is 1. The molecule has 0 spiro atoms. The van der Waals surface area contributed by atoms with Crippen LogP contribution >= 0.6 is 0 Å². The van der Waals surface area contributed by atoms with E-state index < -0.39 is 10.0 Å². The highest BCUT2D eigenvalue weighted by Crippen LogP contribution is 2.26. The first-order valence-electron chi connectivity index (χ1n) is 9.68. The number of ketones is 1. The number of sulfonamides is 1. The second kappa shape index (κ2) is 8.47. The Labute approximate surface area is 172 Å². The summed E-state index contributed by atoms with van der Waals surface area (Å²) in [5.41, 5.74) is 3.43. The monoisotopic (exact) mass is 414 g/mol. The number of carbonyl (C=O) groups is 2. The molecule has 0 bridgehead atoms. The smallest absolute Gasteiger partial charge is 0.243 e. The molecule has 1 fully saturated rings. The molecule has 1 saturated heterocycles. The standard InChI is InChI=1S/C22H26N2O4S/c1-15-5-4-6-21(16(15)2)23-22(26)19-11-13-24(14-12-19)29(27,28)20-9-7-18(8-10-20)17(3)25/h4-10,19H,11-14H2,1-3H3,(H,23,26). The van der Waals surface area contributed by atoms with E-state index in [9.17, 15) is 18.0 Å². The number of hydrogen-bond acceptors (Lipinski definition) is 4. The van der Waals surface area contributed by atoms with E-state index in [0.29, 0.717) is 31.5 Å². The lowest BCUT2D eigenvalue weighted by molar-refractivity contribution is -0.120. The Morgan fingerprint density at radius 3 is 2.21 bits per heavy atom. The third-order valence-electron chi connectivity index (χ3n) is 5.59. The Bertz CT molecular complexity index is 1020. The third-order valence-corrected chi connectivity index (χ3v) is 7.50. The van der Waals surface area contributed by atoms with Crippen molar-refractivity contribution in [3.05, 3.63) is 59.2 Å². The van der Waals surface area contributed by atoms with Crippen LogP contribution in [-0.4, -0.2) is 37.5 Å². The zero-order valence-corrected chi connectivity index (χ0v) is 17.8. The molecule has 1 heterocycles. The third kappa shape index (κ3) is 4.57. The number of piperidine rings is 1. The maximum absolute atomic E-state index is 12.9. The van der Waals surface area contributed by atoms with Crippen LogP contribution < -0.4 is 5.32 Å². The molecule has 3 rings (SSSR count). The summed E-state index contributed by atoms with van der Waals surface area (Å²) >= 11 is 0. The average molecular weight is 415 g/mol. The van der Waals surface area contributed by atoms with Crippen molar-refractivity contribution in [2.45, 2.75) is 38.5 Å². The number of rotatable bonds is 5. The molecule has 1 N–H and O–H groups in total. The number of benzene rings is 2. The van der Waals surface area contributed by atoms with Crippen LogP contribution in [0.25, 0.3) is 0 Å². The Kier molecular flexibility index (Phi) is 6.19. The first-order valence-corrected chi connectivity index (χ1v) is 11.1. The maximum Gasteiger partial charge on any atom is 0.243 e. The van der Waals surface area contributed by atoms with Crippen molar-refractivity contribution >= 4 is 27.4 Å². The minimum atomic E-state index is -3.63. The number of aryl methyl sites for hydroxylation is 1. The van der Waals surface area contributed by atoms with Crippen LogP contribution in [0.3, 0.4) is 0 Å². The van der Waals surface area contributed by atoms with E-state index in [-0.39, 0.29) is 22.5 Å². The van der Waals surface area contributed by atoms with E-state index >= 15 is 0 Å². The minimum Gasteiger partial charge on any atom is -0.326 e. The molecule has 1 amide bonds. The molecule has 0 radical (unpaired) electrons. The van der Waals surface area contributed by atoms with Gasteiger partial charge in [-0.1, -0.05) is 24.3 Å². The molecule has 29 heavy (non-hydrogen) atoms. The van der Waals surface area contributed by atoms with Crippen molar-refractivity contribution in [1.29, 1.82) is 0 Å². The molecular formula is C22H26N2O4S. The van der Waals surface area contributed by atoms with Gasteiger partial charge < -0.3 is 5.32 Å². The van der Waals surface area contributed by atoms with E-state index in [1.807, 2.05) is 32.0 Å². The Balaban J connectivity index is 1.64. The minimum absolute atomic E-state index is 0.0680. The fourth-order valence-corrected chi connectivity index (χ4v) is 4.96. The van der Waals surface area contributed by atoms with Crippen LogP contribution in [0.5, 0.6) is 0 Å². The SMILES string of the molecule is CC(=O)c1ccc(S(=O)(=O)N2CCC(C(=O)Nc3cccc(C)c3C)CC2)cc1. The molecule has 0 atom stereocenters. The molecule has 0 saturated carbocycles. The molecule has 1 aliphatic rings. The van der Waals surface area contributed by atoms with Crippen LogP contribution in [0.4, 0.5) is 5.69 Å². The number of anilines is 1. The molecule has 6 nitrogen and oxygen atoms in total. The van der Waals surface area contributed by atoms with Crippen molar-refractivity contribution in [2.75, 3.05) is 18.4 Å². The topological polar surface area (TPSA) is 83.6 Å². The van der Waals surface area contributed by atoms with E-state index in [4.69, 9.17) is 0 Å². The summed E-state index contributed by atoms with van der Waals surface area (Å²) in [7, 11) is -3.63. The van der Waals surface area contributed by atoms with Gasteiger partial charge in [0.15, 0.2) is 5.78 Å². The van der Waals surface area contributed by atoms with Gasteiger partial charge in [-0.2, -0.15) is 4.31 Å². The van der Waals surface area contributed by atoms with Gasteiger partial charge in [-0.05, 0) is 62.9 Å². The van der Waals surface area contributed by atoms with Gasteiger partial charge in [0.2, 0.25) is 15.9 Å². The summed E-state index contributed by atoms with van der Waals surface area (Å²) in [5, 5.41) is 2.98. The highest BCUT2D eigenvalue weighted by molar-refractivity contribution is 7.89. The Morgan fingerprint density at radius 1 is 1.00 bits per heavy atom. The van der Waals surface area contributed by atoms with Crippen LogP contribution in [0.15, 0.2) is 47.4 Å². The summed E-state index contributed by atoms with van der Waals surface area (Å²) in [6.07, 6.45) is 0.947. The van der Waals surface area contributed by atoms with Gasteiger partial charge in [0, 0.05) is 30.3 Å². The van der Waals surface area contributed by atoms with E-state index in [1.165, 1.54) is 35.5 Å². The van der Waals surface area contributed by atoms with Crippen molar-refractivity contribution in [2.24, 2.45) is 5.92 Å². The van der Waals surface area contributed by atoms with Gasteiger partial charge in [0.25, 0.3) is 0 Å². The molecular weight excluding hydrogens is 388 g/mol. The summed E-state index contributed by atoms with van der Waals surface area (Å²) in [4.78, 5) is 24.2. The number of hydrogen-bond donors (Lipinski definition) is 1. The first kappa shape index (κ1) is 21.2. The largest absolute Gasteiger partial charge is 0.326 e. The predicted molar refractivity (Wildman–Crippen MR) is 112 cm³/mol. The molecule has 1 aliphatic heterocycles. The second-order valence-electron chi connectivity index (χ2n) is 7.50. The summed E-state index contributed by atoms with van der Waals surface area (Å²) in [6.45, 7) is 6.00. The fraction of sp³-hybridized carbons (Fsp3) is 0.364. The molecule has 154 valence electrons. The highest BCUT2D eigenvalue weighted by Gasteiger charge is 2.32.